The Hall–Kier alpha value is -1.07. The van der Waals surface area contributed by atoms with Gasteiger partial charge in [0.15, 0.2) is 0 Å². The van der Waals surface area contributed by atoms with Gasteiger partial charge in [0, 0.05) is 12.7 Å². The number of methoxy groups -OCH3 is 2. The molecule has 0 aliphatic carbocycles. The minimum Gasteiger partial charge on any atom is -0.496 e. The van der Waals surface area contributed by atoms with Gasteiger partial charge in [-0.1, -0.05) is 0 Å². The minimum absolute atomic E-state index is 0.500. The molecule has 0 bridgehead atoms. The maximum absolute atomic E-state index is 5.83. The Morgan fingerprint density at radius 1 is 1.44 bits per heavy atom. The molecular weight excluding hydrogens is 272 g/mol. The summed E-state index contributed by atoms with van der Waals surface area (Å²) in [5.41, 5.74) is 6.69. The van der Waals surface area contributed by atoms with E-state index in [1.54, 1.807) is 14.2 Å². The highest BCUT2D eigenvalue weighted by Gasteiger charge is 2.03. The Morgan fingerprint density at radius 2 is 2.19 bits per heavy atom. The zero-order valence-corrected chi connectivity index (χ0v) is 11.0. The molecule has 0 saturated carbocycles. The largest absolute Gasteiger partial charge is 0.496 e. The molecule has 0 fully saturated rings. The lowest BCUT2D eigenvalue weighted by Crippen LogP contribution is -2.15. The van der Waals surface area contributed by atoms with Gasteiger partial charge in [-0.15, -0.1) is 0 Å². The van der Waals surface area contributed by atoms with Crippen LogP contribution in [0.5, 0.6) is 5.75 Å². The van der Waals surface area contributed by atoms with Crippen LogP contribution in [0.25, 0.3) is 0 Å². The number of amidine groups is 1. The summed E-state index contributed by atoms with van der Waals surface area (Å²) in [5, 5.41) is 0. The van der Waals surface area contributed by atoms with Gasteiger partial charge < -0.3 is 15.2 Å². The summed E-state index contributed by atoms with van der Waals surface area (Å²) in [5.74, 6) is 1.27. The number of aliphatic imine (C=N–C) groups is 1. The predicted molar refractivity (Wildman–Crippen MR) is 68.2 cm³/mol. The second-order valence-corrected chi connectivity index (χ2v) is 3.96. The van der Waals surface area contributed by atoms with E-state index in [9.17, 15) is 0 Å². The second-order valence-electron chi connectivity index (χ2n) is 3.11. The Kier molecular flexibility index (Phi) is 5.28. The summed E-state index contributed by atoms with van der Waals surface area (Å²) in [6.45, 7) is 1.13. The van der Waals surface area contributed by atoms with Gasteiger partial charge in [-0.2, -0.15) is 0 Å². The third-order valence-corrected chi connectivity index (χ3v) is 2.64. The van der Waals surface area contributed by atoms with Crippen molar-refractivity contribution in [2.75, 3.05) is 27.4 Å². The fourth-order valence-corrected chi connectivity index (χ4v) is 1.72. The van der Waals surface area contributed by atoms with Crippen LogP contribution < -0.4 is 10.5 Å². The van der Waals surface area contributed by atoms with Gasteiger partial charge in [0.1, 0.15) is 11.6 Å². The first kappa shape index (κ1) is 13.0. The van der Waals surface area contributed by atoms with E-state index in [4.69, 9.17) is 15.2 Å². The van der Waals surface area contributed by atoms with E-state index < -0.39 is 0 Å². The van der Waals surface area contributed by atoms with Gasteiger partial charge in [-0.25, -0.2) is 0 Å². The standard InChI is InChI=1S/C11H15BrN2O2/c1-15-6-5-14-11(13)8-3-4-10(16-2)9(12)7-8/h3-4,7H,5-6H2,1-2H3,(H2,13,14). The molecule has 0 saturated heterocycles. The molecule has 2 N–H and O–H groups in total. The van der Waals surface area contributed by atoms with Crippen LogP contribution in [0.2, 0.25) is 0 Å². The molecule has 0 radical (unpaired) electrons. The highest BCUT2D eigenvalue weighted by atomic mass is 79.9. The third kappa shape index (κ3) is 3.50. The number of hydrogen-bond acceptors (Lipinski definition) is 3. The molecule has 0 atom stereocenters. The van der Waals surface area contributed by atoms with E-state index in [1.807, 2.05) is 18.2 Å². The lowest BCUT2D eigenvalue weighted by molar-refractivity contribution is 0.208. The Labute approximate surface area is 104 Å². The van der Waals surface area contributed by atoms with Crippen molar-refractivity contribution in [3.05, 3.63) is 28.2 Å². The first-order valence-electron chi connectivity index (χ1n) is 4.81. The first-order valence-corrected chi connectivity index (χ1v) is 5.61. The molecule has 1 rings (SSSR count). The number of halogens is 1. The van der Waals surface area contributed by atoms with Gasteiger partial charge in [0.05, 0.1) is 24.7 Å². The molecule has 0 amide bonds. The van der Waals surface area contributed by atoms with Crippen LogP contribution in [0.3, 0.4) is 0 Å². The molecule has 0 aliphatic heterocycles. The van der Waals surface area contributed by atoms with Crippen molar-refractivity contribution in [2.45, 2.75) is 0 Å². The Morgan fingerprint density at radius 3 is 2.75 bits per heavy atom. The molecule has 0 heterocycles. The number of nitrogens with two attached hydrogens (primary N) is 1. The molecule has 5 heteroatoms. The van der Waals surface area contributed by atoms with E-state index >= 15 is 0 Å². The van der Waals surface area contributed by atoms with Crippen molar-refractivity contribution in [1.29, 1.82) is 0 Å². The van der Waals surface area contributed by atoms with Crippen molar-refractivity contribution in [1.82, 2.24) is 0 Å². The van der Waals surface area contributed by atoms with E-state index in [0.717, 1.165) is 15.8 Å². The van der Waals surface area contributed by atoms with E-state index in [1.165, 1.54) is 0 Å². The van der Waals surface area contributed by atoms with Crippen LogP contribution in [0.15, 0.2) is 27.7 Å². The third-order valence-electron chi connectivity index (χ3n) is 2.03. The van der Waals surface area contributed by atoms with E-state index in [0.29, 0.717) is 19.0 Å². The van der Waals surface area contributed by atoms with Crippen LogP contribution in [-0.2, 0) is 4.74 Å². The summed E-state index contributed by atoms with van der Waals surface area (Å²) in [6.07, 6.45) is 0. The first-order chi connectivity index (χ1) is 7.69. The van der Waals surface area contributed by atoms with E-state index in [-0.39, 0.29) is 0 Å². The van der Waals surface area contributed by atoms with Crippen LogP contribution >= 0.6 is 15.9 Å². The van der Waals surface area contributed by atoms with Crippen molar-refractivity contribution in [3.8, 4) is 5.75 Å². The quantitative estimate of drug-likeness (QED) is 0.510. The summed E-state index contributed by atoms with van der Waals surface area (Å²) < 4.78 is 10.9. The Bertz CT molecular complexity index is 380. The van der Waals surface area contributed by atoms with Gasteiger partial charge in [-0.05, 0) is 34.1 Å². The second kappa shape index (κ2) is 6.50. The van der Waals surface area contributed by atoms with Crippen molar-refractivity contribution >= 4 is 21.8 Å². The average molecular weight is 287 g/mol. The highest BCUT2D eigenvalue weighted by Crippen LogP contribution is 2.25. The maximum Gasteiger partial charge on any atom is 0.133 e. The fraction of sp³-hybridized carbons (Fsp3) is 0.364. The van der Waals surface area contributed by atoms with Crippen LogP contribution in [0.4, 0.5) is 0 Å². The fourth-order valence-electron chi connectivity index (χ4n) is 1.17. The van der Waals surface area contributed by atoms with E-state index in [2.05, 4.69) is 20.9 Å². The number of ether oxygens (including phenoxy) is 2. The van der Waals surface area contributed by atoms with Gasteiger partial charge in [0.25, 0.3) is 0 Å². The normalized spacial score (nSPS) is 11.6. The van der Waals surface area contributed by atoms with Gasteiger partial charge in [-0.3, -0.25) is 4.99 Å². The molecular formula is C11H15BrN2O2. The molecule has 1 aromatic rings. The van der Waals surface area contributed by atoms with Gasteiger partial charge >= 0.3 is 0 Å². The summed E-state index contributed by atoms with van der Waals surface area (Å²) >= 11 is 3.40. The topological polar surface area (TPSA) is 56.8 Å². The average Bonchev–Trinajstić information content (AvgIpc) is 2.29. The molecule has 0 spiro atoms. The monoisotopic (exact) mass is 286 g/mol. The zero-order chi connectivity index (χ0) is 12.0. The number of nitrogens with zero attached hydrogens (tertiary/aromatic N) is 1. The summed E-state index contributed by atoms with van der Waals surface area (Å²) in [7, 11) is 3.26. The lowest BCUT2D eigenvalue weighted by Gasteiger charge is -2.06. The van der Waals surface area contributed by atoms with Crippen molar-refractivity contribution in [3.63, 3.8) is 0 Å². The number of hydrogen-bond donors (Lipinski definition) is 1. The smallest absolute Gasteiger partial charge is 0.133 e. The SMILES string of the molecule is COCCN=C(N)c1ccc(OC)c(Br)c1. The molecule has 0 aliphatic rings. The zero-order valence-electron chi connectivity index (χ0n) is 9.37. The van der Waals surface area contributed by atoms with Crippen LogP contribution in [0, 0.1) is 0 Å². The van der Waals surface area contributed by atoms with Crippen molar-refractivity contribution in [2.24, 2.45) is 10.7 Å². The van der Waals surface area contributed by atoms with Crippen LogP contribution in [-0.4, -0.2) is 33.2 Å². The molecule has 1 aromatic carbocycles. The highest BCUT2D eigenvalue weighted by molar-refractivity contribution is 9.10. The Balaban J connectivity index is 2.80. The minimum atomic E-state index is 0.500. The van der Waals surface area contributed by atoms with Crippen molar-refractivity contribution < 1.29 is 9.47 Å². The molecule has 4 nitrogen and oxygen atoms in total. The molecule has 0 unspecified atom stereocenters. The summed E-state index contributed by atoms with van der Waals surface area (Å²) in [4.78, 5) is 4.19. The molecule has 0 aromatic heterocycles. The molecule has 16 heavy (non-hydrogen) atoms. The maximum atomic E-state index is 5.83. The molecule has 88 valence electrons. The lowest BCUT2D eigenvalue weighted by atomic mass is 10.2. The van der Waals surface area contributed by atoms with Crippen LogP contribution in [0.1, 0.15) is 5.56 Å². The van der Waals surface area contributed by atoms with Gasteiger partial charge in [0.2, 0.25) is 0 Å². The predicted octanol–water partition coefficient (Wildman–Crippen LogP) is 1.81. The summed E-state index contributed by atoms with van der Waals surface area (Å²) in [6, 6.07) is 5.60. The number of benzene rings is 1. The number of rotatable bonds is 5.